The van der Waals surface area contributed by atoms with Crippen molar-refractivity contribution in [3.63, 3.8) is 0 Å². The molecule has 13 rings (SSSR count). The maximum absolute atomic E-state index is 5.72. The van der Waals surface area contributed by atoms with Crippen molar-refractivity contribution in [2.75, 3.05) is 0 Å². The molecule has 0 aromatic heterocycles. The van der Waals surface area contributed by atoms with Crippen LogP contribution in [0, 0.1) is 0 Å². The van der Waals surface area contributed by atoms with Gasteiger partial charge in [-0.15, -0.1) is 0 Å². The molecule has 0 radical (unpaired) electrons. The minimum atomic E-state index is 0.893. The molecule has 0 aliphatic carbocycles. The van der Waals surface area contributed by atoms with Gasteiger partial charge in [-0.3, -0.25) is 0 Å². The molecule has 1 aliphatic rings. The topological polar surface area (TPSA) is 24.7 Å². The first-order valence-electron chi connectivity index (χ1n) is 22.0. The van der Waals surface area contributed by atoms with E-state index in [0.717, 1.165) is 77.4 Å². The number of benzene rings is 12. The highest BCUT2D eigenvalue weighted by Crippen LogP contribution is 2.40. The molecule has 2 nitrogen and oxygen atoms in total. The van der Waals surface area contributed by atoms with Gasteiger partial charge in [-0.2, -0.15) is 0 Å². The van der Waals surface area contributed by atoms with E-state index >= 15 is 0 Å². The van der Waals surface area contributed by atoms with Crippen LogP contribution in [0.5, 0.6) is 0 Å². The van der Waals surface area contributed by atoms with Gasteiger partial charge in [0.25, 0.3) is 0 Å². The highest BCUT2D eigenvalue weighted by Gasteiger charge is 2.23. The molecule has 0 N–H and O–H groups in total. The van der Waals surface area contributed by atoms with Crippen LogP contribution in [0.2, 0.25) is 0 Å². The fourth-order valence-corrected chi connectivity index (χ4v) is 9.90. The summed E-state index contributed by atoms with van der Waals surface area (Å²) in [5.74, 6) is 0. The first-order chi connectivity index (χ1) is 31.7. The van der Waals surface area contributed by atoms with Gasteiger partial charge in [-0.25, -0.2) is 9.98 Å². The molecule has 0 spiro atoms. The maximum Gasteiger partial charge on any atom is 0.0803 e. The highest BCUT2D eigenvalue weighted by atomic mass is 14.8. The standard InChI is InChI=1S/C62H38N2/c1-3-15-43-37-59-57(35-41(43)13-1)61(51-29-25-45-31-49(27-23-47(45)33-51)55-21-9-17-39-11-5-7-19-53(39)55)64-60-38-44-16-4-2-14-42(44)36-58(60)62(63-59)52-30-26-46-32-50(28-24-48(46)34-52)56-22-10-18-40-12-6-8-20-54(40)56/h1-38H/b61-57?,62-58?,63-59?,63-62-,64-60?,64-61-. The van der Waals surface area contributed by atoms with Crippen molar-refractivity contribution in [3.8, 4) is 22.3 Å². The molecule has 0 bridgehead atoms. The van der Waals surface area contributed by atoms with E-state index < -0.39 is 0 Å². The normalized spacial score (nSPS) is 14.2. The van der Waals surface area contributed by atoms with Crippen molar-refractivity contribution >= 4 is 87.4 Å². The minimum Gasteiger partial charge on any atom is -0.247 e. The Labute approximate surface area is 370 Å². The number of aliphatic imine (C=N–C) groups is 2. The number of hydrogen-bond donors (Lipinski definition) is 0. The summed E-state index contributed by atoms with van der Waals surface area (Å²) < 4.78 is 0. The largest absolute Gasteiger partial charge is 0.247 e. The van der Waals surface area contributed by atoms with Gasteiger partial charge in [0, 0.05) is 22.3 Å². The van der Waals surface area contributed by atoms with Crippen molar-refractivity contribution in [1.29, 1.82) is 0 Å². The summed E-state index contributed by atoms with van der Waals surface area (Å²) in [4.78, 5) is 11.4. The van der Waals surface area contributed by atoms with Gasteiger partial charge in [-0.05, 0) is 135 Å². The van der Waals surface area contributed by atoms with Crippen LogP contribution in [0.4, 0.5) is 11.4 Å². The maximum atomic E-state index is 5.72. The Morgan fingerprint density at radius 3 is 0.938 bits per heavy atom. The van der Waals surface area contributed by atoms with Crippen LogP contribution in [-0.2, 0) is 0 Å². The average molecular weight is 811 g/mol. The van der Waals surface area contributed by atoms with Gasteiger partial charge < -0.3 is 0 Å². The Hall–Kier alpha value is -8.46. The molecule has 1 aliphatic heterocycles. The van der Waals surface area contributed by atoms with Crippen molar-refractivity contribution in [2.24, 2.45) is 9.98 Å². The van der Waals surface area contributed by atoms with E-state index in [1.807, 2.05) is 0 Å². The molecule has 12 aromatic carbocycles. The lowest BCUT2D eigenvalue weighted by molar-refractivity contribution is 1.41. The molecule has 0 saturated heterocycles. The third-order valence-electron chi connectivity index (χ3n) is 13.1. The Bertz CT molecular complexity index is 3690. The molecule has 64 heavy (non-hydrogen) atoms. The number of hydrogen-bond acceptors (Lipinski definition) is 2. The van der Waals surface area contributed by atoms with Crippen LogP contribution in [0.1, 0.15) is 22.3 Å². The molecule has 0 saturated carbocycles. The SMILES string of the molecule is c1ccc2cc3c(cc2c1)/N=C(/c1ccc2cc(-c4cccc5ccccc45)ccc2c1)c1cc2ccccc2cc1/N=C\3c1ccc2cc(-c3cccc4ccccc34)ccc2c1. The predicted octanol–water partition coefficient (Wildman–Crippen LogP) is 16.6. The van der Waals surface area contributed by atoms with Gasteiger partial charge >= 0.3 is 0 Å². The number of nitrogens with zero attached hydrogens (tertiary/aromatic N) is 2. The van der Waals surface area contributed by atoms with Crippen molar-refractivity contribution < 1.29 is 0 Å². The summed E-state index contributed by atoms with van der Waals surface area (Å²) in [6, 6.07) is 83.7. The van der Waals surface area contributed by atoms with Gasteiger partial charge in [0.15, 0.2) is 0 Å². The van der Waals surface area contributed by atoms with E-state index in [0.29, 0.717) is 0 Å². The van der Waals surface area contributed by atoms with Crippen LogP contribution in [-0.4, -0.2) is 11.4 Å². The van der Waals surface area contributed by atoms with Gasteiger partial charge in [0.05, 0.1) is 22.8 Å². The zero-order chi connectivity index (χ0) is 42.1. The smallest absolute Gasteiger partial charge is 0.0803 e. The summed E-state index contributed by atoms with van der Waals surface area (Å²) in [7, 11) is 0. The summed E-state index contributed by atoms with van der Waals surface area (Å²) in [6.45, 7) is 0. The van der Waals surface area contributed by atoms with E-state index in [9.17, 15) is 0 Å². The third-order valence-corrected chi connectivity index (χ3v) is 13.1. The minimum absolute atomic E-state index is 0.893. The number of rotatable bonds is 4. The molecule has 296 valence electrons. The average Bonchev–Trinajstić information content (AvgIpc) is 3.35. The molecular formula is C62H38N2. The quantitative estimate of drug-likeness (QED) is 0.169. The van der Waals surface area contributed by atoms with E-state index in [4.69, 9.17) is 9.98 Å². The second-order valence-corrected chi connectivity index (χ2v) is 17.0. The monoisotopic (exact) mass is 810 g/mol. The van der Waals surface area contributed by atoms with Crippen LogP contribution in [0.3, 0.4) is 0 Å². The summed E-state index contributed by atoms with van der Waals surface area (Å²) >= 11 is 0. The van der Waals surface area contributed by atoms with Crippen LogP contribution in [0.15, 0.2) is 241 Å². The first kappa shape index (κ1) is 36.2. The molecule has 0 fully saturated rings. The highest BCUT2D eigenvalue weighted by molar-refractivity contribution is 6.25. The molecule has 0 atom stereocenters. The first-order valence-corrected chi connectivity index (χ1v) is 22.0. The van der Waals surface area contributed by atoms with Gasteiger partial charge in [-0.1, -0.05) is 182 Å². The van der Waals surface area contributed by atoms with Crippen molar-refractivity contribution in [3.05, 3.63) is 253 Å². The fourth-order valence-electron chi connectivity index (χ4n) is 9.90. The second-order valence-electron chi connectivity index (χ2n) is 17.0. The molecule has 0 amide bonds. The Morgan fingerprint density at radius 1 is 0.203 bits per heavy atom. The van der Waals surface area contributed by atoms with Crippen molar-refractivity contribution in [2.45, 2.75) is 0 Å². The molecule has 2 heteroatoms. The Kier molecular flexibility index (Phi) is 8.25. The lowest BCUT2D eigenvalue weighted by Gasteiger charge is -2.20. The second kappa shape index (κ2) is 14.6. The van der Waals surface area contributed by atoms with Gasteiger partial charge in [0.2, 0.25) is 0 Å². The van der Waals surface area contributed by atoms with E-state index in [2.05, 4.69) is 231 Å². The lowest BCUT2D eigenvalue weighted by atomic mass is 9.91. The van der Waals surface area contributed by atoms with Crippen LogP contribution < -0.4 is 0 Å². The zero-order valence-corrected chi connectivity index (χ0v) is 34.8. The van der Waals surface area contributed by atoms with E-state index in [1.54, 1.807) is 0 Å². The summed E-state index contributed by atoms with van der Waals surface area (Å²) in [5.41, 5.74) is 12.6. The molecule has 12 aromatic rings. The zero-order valence-electron chi connectivity index (χ0n) is 34.8. The molecule has 0 unspecified atom stereocenters. The van der Waals surface area contributed by atoms with E-state index in [1.165, 1.54) is 54.6 Å². The summed E-state index contributed by atoms with van der Waals surface area (Å²) in [5, 5.41) is 14.3. The Balaban J connectivity index is 0.988. The Morgan fingerprint density at radius 2 is 0.516 bits per heavy atom. The fraction of sp³-hybridized carbons (Fsp3) is 0. The third kappa shape index (κ3) is 6.11. The number of fused-ring (bicyclic) bond motifs is 8. The predicted molar refractivity (Wildman–Crippen MR) is 272 cm³/mol. The lowest BCUT2D eigenvalue weighted by Crippen LogP contribution is -2.10. The molecule has 1 heterocycles. The molecular weight excluding hydrogens is 773 g/mol. The van der Waals surface area contributed by atoms with E-state index in [-0.39, 0.29) is 0 Å². The van der Waals surface area contributed by atoms with Crippen LogP contribution >= 0.6 is 0 Å². The van der Waals surface area contributed by atoms with Gasteiger partial charge in [0.1, 0.15) is 0 Å². The summed E-state index contributed by atoms with van der Waals surface area (Å²) in [6.07, 6.45) is 0. The van der Waals surface area contributed by atoms with Crippen LogP contribution in [0.25, 0.3) is 86.9 Å². The van der Waals surface area contributed by atoms with Crippen molar-refractivity contribution in [1.82, 2.24) is 0 Å².